The Morgan fingerprint density at radius 2 is 1.93 bits per heavy atom. The van der Waals surface area contributed by atoms with Crippen LogP contribution in [0.5, 0.6) is 0 Å². The minimum atomic E-state index is -0.0431. The third-order valence-electron chi connectivity index (χ3n) is 2.83. The number of rotatable bonds is 3. The molecule has 0 aromatic carbocycles. The number of hydrogen-bond donors (Lipinski definition) is 0. The molecule has 15 heavy (non-hydrogen) atoms. The number of carbonyl (C=O) groups is 1. The topological polar surface area (TPSA) is 29.5 Å². The monoisotopic (exact) mass is 213 g/mol. The maximum Gasteiger partial charge on any atom is 0.323 e. The first-order chi connectivity index (χ1) is 7.02. The standard InChI is InChI=1S/C12H23NO2/c1-9(2)13-8-6-5-7-11(13)12(14)15-10(3)4/h9-11H,5-8H2,1-4H3. The third-order valence-corrected chi connectivity index (χ3v) is 2.83. The highest BCUT2D eigenvalue weighted by Gasteiger charge is 2.31. The molecule has 3 heteroatoms. The second kappa shape index (κ2) is 5.50. The van der Waals surface area contributed by atoms with E-state index in [0.29, 0.717) is 6.04 Å². The van der Waals surface area contributed by atoms with Gasteiger partial charge in [-0.15, -0.1) is 0 Å². The third kappa shape index (κ3) is 3.49. The van der Waals surface area contributed by atoms with Crippen LogP contribution in [0.15, 0.2) is 0 Å². The van der Waals surface area contributed by atoms with E-state index < -0.39 is 0 Å². The molecule has 3 nitrogen and oxygen atoms in total. The molecular weight excluding hydrogens is 190 g/mol. The van der Waals surface area contributed by atoms with Crippen LogP contribution in [0.3, 0.4) is 0 Å². The minimum Gasteiger partial charge on any atom is -0.462 e. The maximum atomic E-state index is 11.9. The van der Waals surface area contributed by atoms with E-state index in [9.17, 15) is 4.79 Å². The lowest BCUT2D eigenvalue weighted by Gasteiger charge is -2.37. The lowest BCUT2D eigenvalue weighted by molar-refractivity contribution is -0.156. The summed E-state index contributed by atoms with van der Waals surface area (Å²) < 4.78 is 5.29. The summed E-state index contributed by atoms with van der Waals surface area (Å²) in [6, 6.07) is 0.413. The fourth-order valence-corrected chi connectivity index (χ4v) is 2.14. The molecule has 1 aliphatic rings. The highest BCUT2D eigenvalue weighted by molar-refractivity contribution is 5.76. The molecule has 1 aliphatic heterocycles. The van der Waals surface area contributed by atoms with Gasteiger partial charge < -0.3 is 4.74 Å². The number of piperidine rings is 1. The van der Waals surface area contributed by atoms with Crippen molar-refractivity contribution in [1.29, 1.82) is 0 Å². The van der Waals surface area contributed by atoms with Crippen LogP contribution in [0.4, 0.5) is 0 Å². The second-order valence-electron chi connectivity index (χ2n) is 4.83. The van der Waals surface area contributed by atoms with Crippen molar-refractivity contribution < 1.29 is 9.53 Å². The number of esters is 1. The summed E-state index contributed by atoms with van der Waals surface area (Å²) >= 11 is 0. The Kier molecular flexibility index (Phi) is 4.58. The van der Waals surface area contributed by atoms with Gasteiger partial charge in [0.1, 0.15) is 6.04 Å². The van der Waals surface area contributed by atoms with Crippen LogP contribution in [0.1, 0.15) is 47.0 Å². The van der Waals surface area contributed by atoms with Gasteiger partial charge in [-0.2, -0.15) is 0 Å². The van der Waals surface area contributed by atoms with Crippen molar-refractivity contribution in [2.24, 2.45) is 0 Å². The van der Waals surface area contributed by atoms with Gasteiger partial charge >= 0.3 is 5.97 Å². The Morgan fingerprint density at radius 1 is 1.27 bits per heavy atom. The van der Waals surface area contributed by atoms with Gasteiger partial charge in [-0.25, -0.2) is 0 Å². The van der Waals surface area contributed by atoms with E-state index in [-0.39, 0.29) is 18.1 Å². The Balaban J connectivity index is 2.59. The van der Waals surface area contributed by atoms with Gasteiger partial charge in [0.25, 0.3) is 0 Å². The zero-order valence-corrected chi connectivity index (χ0v) is 10.3. The predicted molar refractivity (Wildman–Crippen MR) is 60.7 cm³/mol. The van der Waals surface area contributed by atoms with Gasteiger partial charge in [-0.1, -0.05) is 6.42 Å². The van der Waals surface area contributed by atoms with E-state index in [1.807, 2.05) is 13.8 Å². The molecule has 0 saturated carbocycles. The highest BCUT2D eigenvalue weighted by atomic mass is 16.5. The van der Waals surface area contributed by atoms with Crippen LogP contribution in [0, 0.1) is 0 Å². The number of carbonyl (C=O) groups excluding carboxylic acids is 1. The van der Waals surface area contributed by atoms with Crippen molar-refractivity contribution in [3.05, 3.63) is 0 Å². The Hall–Kier alpha value is -0.570. The molecule has 0 radical (unpaired) electrons. The molecule has 0 aromatic heterocycles. The zero-order chi connectivity index (χ0) is 11.4. The number of ether oxygens (including phenoxy) is 1. The van der Waals surface area contributed by atoms with Crippen molar-refractivity contribution in [2.75, 3.05) is 6.54 Å². The van der Waals surface area contributed by atoms with Crippen molar-refractivity contribution in [1.82, 2.24) is 4.90 Å². The first-order valence-electron chi connectivity index (χ1n) is 5.98. The first-order valence-corrected chi connectivity index (χ1v) is 5.98. The van der Waals surface area contributed by atoms with Crippen molar-refractivity contribution in [3.8, 4) is 0 Å². The Labute approximate surface area is 92.8 Å². The van der Waals surface area contributed by atoms with Crippen LogP contribution in [-0.2, 0) is 9.53 Å². The van der Waals surface area contributed by atoms with Gasteiger partial charge in [0.15, 0.2) is 0 Å². The molecule has 88 valence electrons. The molecule has 0 bridgehead atoms. The summed E-state index contributed by atoms with van der Waals surface area (Å²) in [7, 11) is 0. The first kappa shape index (κ1) is 12.5. The predicted octanol–water partition coefficient (Wildman–Crippen LogP) is 2.20. The van der Waals surface area contributed by atoms with E-state index in [1.165, 1.54) is 6.42 Å². The maximum absolute atomic E-state index is 11.9. The molecule has 1 rings (SSSR count). The van der Waals surface area contributed by atoms with Gasteiger partial charge in [-0.05, 0) is 47.1 Å². The van der Waals surface area contributed by atoms with Crippen LogP contribution in [0.2, 0.25) is 0 Å². The molecule has 1 heterocycles. The molecule has 0 N–H and O–H groups in total. The summed E-state index contributed by atoms with van der Waals surface area (Å²) in [6.45, 7) is 9.11. The van der Waals surface area contributed by atoms with E-state index in [4.69, 9.17) is 4.74 Å². The van der Waals surface area contributed by atoms with Crippen molar-refractivity contribution in [2.45, 2.75) is 65.1 Å². The van der Waals surface area contributed by atoms with Crippen LogP contribution in [0.25, 0.3) is 0 Å². The lowest BCUT2D eigenvalue weighted by atomic mass is 10.0. The Morgan fingerprint density at radius 3 is 2.47 bits per heavy atom. The Bertz CT molecular complexity index is 214. The lowest BCUT2D eigenvalue weighted by Crippen LogP contribution is -2.49. The fourth-order valence-electron chi connectivity index (χ4n) is 2.14. The van der Waals surface area contributed by atoms with E-state index >= 15 is 0 Å². The molecule has 1 saturated heterocycles. The quantitative estimate of drug-likeness (QED) is 0.673. The summed E-state index contributed by atoms with van der Waals surface area (Å²) in [4.78, 5) is 14.1. The molecular formula is C12H23NO2. The summed E-state index contributed by atoms with van der Waals surface area (Å²) in [5.74, 6) is -0.0431. The number of nitrogens with zero attached hydrogens (tertiary/aromatic N) is 1. The minimum absolute atomic E-state index is 0.00608. The SMILES string of the molecule is CC(C)OC(=O)C1CCCCN1C(C)C. The fraction of sp³-hybridized carbons (Fsp3) is 0.917. The summed E-state index contributed by atoms with van der Waals surface area (Å²) in [6.07, 6.45) is 3.28. The normalized spacial score (nSPS) is 23.5. The molecule has 1 fully saturated rings. The van der Waals surface area contributed by atoms with Crippen molar-refractivity contribution >= 4 is 5.97 Å². The molecule has 0 spiro atoms. The zero-order valence-electron chi connectivity index (χ0n) is 10.3. The van der Waals surface area contributed by atoms with Crippen LogP contribution in [-0.4, -0.2) is 35.6 Å². The van der Waals surface area contributed by atoms with E-state index in [2.05, 4.69) is 18.7 Å². The largest absolute Gasteiger partial charge is 0.462 e. The van der Waals surface area contributed by atoms with Crippen LogP contribution >= 0.6 is 0 Å². The smallest absolute Gasteiger partial charge is 0.323 e. The molecule has 0 amide bonds. The average molecular weight is 213 g/mol. The molecule has 0 aromatic rings. The van der Waals surface area contributed by atoms with Gasteiger partial charge in [-0.3, -0.25) is 9.69 Å². The van der Waals surface area contributed by atoms with Crippen LogP contribution < -0.4 is 0 Å². The number of hydrogen-bond acceptors (Lipinski definition) is 3. The van der Waals surface area contributed by atoms with Gasteiger partial charge in [0, 0.05) is 6.04 Å². The average Bonchev–Trinajstić information content (AvgIpc) is 2.16. The summed E-state index contributed by atoms with van der Waals surface area (Å²) in [5, 5.41) is 0. The van der Waals surface area contributed by atoms with E-state index in [1.54, 1.807) is 0 Å². The van der Waals surface area contributed by atoms with E-state index in [0.717, 1.165) is 19.4 Å². The molecule has 1 unspecified atom stereocenters. The molecule has 0 aliphatic carbocycles. The molecule has 1 atom stereocenters. The van der Waals surface area contributed by atoms with Gasteiger partial charge in [0.2, 0.25) is 0 Å². The second-order valence-corrected chi connectivity index (χ2v) is 4.83. The van der Waals surface area contributed by atoms with Gasteiger partial charge in [0.05, 0.1) is 6.10 Å². The van der Waals surface area contributed by atoms with Crippen molar-refractivity contribution in [3.63, 3.8) is 0 Å². The number of likely N-dealkylation sites (tertiary alicyclic amines) is 1. The highest BCUT2D eigenvalue weighted by Crippen LogP contribution is 2.20. The summed E-state index contributed by atoms with van der Waals surface area (Å²) in [5.41, 5.74) is 0.